The van der Waals surface area contributed by atoms with E-state index in [1.807, 2.05) is 0 Å². The fourth-order valence-corrected chi connectivity index (χ4v) is 2.54. The van der Waals surface area contributed by atoms with E-state index in [-0.39, 0.29) is 24.1 Å². The molecule has 1 saturated carbocycles. The lowest BCUT2D eigenvalue weighted by molar-refractivity contribution is 0.0522. The highest BCUT2D eigenvalue weighted by atomic mass is 16.3. The number of aliphatic hydroxyl groups excluding tert-OH is 1. The summed E-state index contributed by atoms with van der Waals surface area (Å²) in [6.07, 6.45) is 4.07. The van der Waals surface area contributed by atoms with E-state index in [0.29, 0.717) is 0 Å². The number of nitrogens with zero attached hydrogens (tertiary/aromatic N) is 1. The molecule has 3 nitrogen and oxygen atoms in total. The summed E-state index contributed by atoms with van der Waals surface area (Å²) >= 11 is 0. The van der Waals surface area contributed by atoms with Crippen molar-refractivity contribution in [3.63, 3.8) is 0 Å². The number of nitrogens with two attached hydrogens (primary N) is 1. The fourth-order valence-electron chi connectivity index (χ4n) is 2.54. The summed E-state index contributed by atoms with van der Waals surface area (Å²) in [6, 6.07) is 0.119. The molecule has 0 aromatic heterocycles. The molecule has 0 aromatic rings. The quantitative estimate of drug-likeness (QED) is 0.747. The molecule has 0 bridgehead atoms. The van der Waals surface area contributed by atoms with Gasteiger partial charge in [0.25, 0.3) is 0 Å². The van der Waals surface area contributed by atoms with Crippen LogP contribution < -0.4 is 5.73 Å². The maximum absolute atomic E-state index is 9.64. The van der Waals surface area contributed by atoms with Crippen molar-refractivity contribution in [1.82, 2.24) is 4.90 Å². The molecule has 1 rings (SSSR count). The van der Waals surface area contributed by atoms with Gasteiger partial charge in [-0.2, -0.15) is 0 Å². The van der Waals surface area contributed by atoms with Crippen LogP contribution in [0.15, 0.2) is 0 Å². The minimum absolute atomic E-state index is 0.0209. The van der Waals surface area contributed by atoms with Gasteiger partial charge in [-0.3, -0.25) is 4.90 Å². The van der Waals surface area contributed by atoms with E-state index in [9.17, 15) is 5.11 Å². The second kappa shape index (κ2) is 6.17. The van der Waals surface area contributed by atoms with E-state index in [1.54, 1.807) is 0 Å². The first-order valence-corrected chi connectivity index (χ1v) is 7.00. The Bertz CT molecular complexity index is 221. The molecule has 1 aliphatic rings. The lowest BCUT2D eigenvalue weighted by atomic mass is 9.81. The van der Waals surface area contributed by atoms with Crippen LogP contribution >= 0.6 is 0 Å². The summed E-state index contributed by atoms with van der Waals surface area (Å²) in [5.74, 6) is 0.830. The van der Waals surface area contributed by atoms with Crippen LogP contribution in [-0.4, -0.2) is 41.8 Å². The summed E-state index contributed by atoms with van der Waals surface area (Å²) in [5, 5.41) is 9.64. The molecule has 0 spiro atoms. The van der Waals surface area contributed by atoms with Crippen LogP contribution in [0.2, 0.25) is 0 Å². The fraction of sp³-hybridized carbons (Fsp3) is 1.00. The zero-order valence-corrected chi connectivity index (χ0v) is 11.9. The van der Waals surface area contributed by atoms with Crippen molar-refractivity contribution in [2.75, 3.05) is 19.7 Å². The summed E-state index contributed by atoms with van der Waals surface area (Å²) in [7, 11) is 0. The van der Waals surface area contributed by atoms with Crippen LogP contribution in [-0.2, 0) is 0 Å². The molecule has 0 heterocycles. The second-order valence-corrected chi connectivity index (χ2v) is 6.53. The minimum Gasteiger partial charge on any atom is -0.395 e. The Morgan fingerprint density at radius 1 is 1.35 bits per heavy atom. The monoisotopic (exact) mass is 242 g/mol. The molecule has 3 heteroatoms. The Morgan fingerprint density at radius 3 is 2.24 bits per heavy atom. The van der Waals surface area contributed by atoms with E-state index >= 15 is 0 Å². The Balaban J connectivity index is 2.61. The van der Waals surface area contributed by atoms with Crippen molar-refractivity contribution in [2.24, 2.45) is 17.1 Å². The maximum Gasteiger partial charge on any atom is 0.0602 e. The van der Waals surface area contributed by atoms with Gasteiger partial charge in [0.1, 0.15) is 0 Å². The van der Waals surface area contributed by atoms with Gasteiger partial charge in [0.05, 0.1) is 6.61 Å². The molecule has 2 atom stereocenters. The summed E-state index contributed by atoms with van der Waals surface area (Å²) in [4.78, 5) is 2.37. The normalized spacial score (nSPS) is 21.4. The molecule has 102 valence electrons. The molecule has 2 unspecified atom stereocenters. The molecule has 1 aliphatic carbocycles. The summed E-state index contributed by atoms with van der Waals surface area (Å²) in [6.45, 7) is 10.9. The van der Waals surface area contributed by atoms with E-state index in [1.165, 1.54) is 19.3 Å². The third-order valence-corrected chi connectivity index (χ3v) is 4.19. The Labute approximate surface area is 106 Å². The third kappa shape index (κ3) is 3.94. The van der Waals surface area contributed by atoms with Crippen molar-refractivity contribution in [1.29, 1.82) is 0 Å². The van der Waals surface area contributed by atoms with Gasteiger partial charge in [0, 0.05) is 18.6 Å². The molecule has 0 aliphatic heterocycles. The van der Waals surface area contributed by atoms with Crippen molar-refractivity contribution >= 4 is 0 Å². The SMILES string of the molecule is CCN(CC1CCC1)C(CO)C(N)C(C)(C)C. The highest BCUT2D eigenvalue weighted by Crippen LogP contribution is 2.29. The first kappa shape index (κ1) is 14.9. The maximum atomic E-state index is 9.64. The average Bonchev–Trinajstić information content (AvgIpc) is 2.19. The van der Waals surface area contributed by atoms with Crippen LogP contribution in [0.25, 0.3) is 0 Å². The van der Waals surface area contributed by atoms with Gasteiger partial charge in [-0.15, -0.1) is 0 Å². The third-order valence-electron chi connectivity index (χ3n) is 4.19. The van der Waals surface area contributed by atoms with Crippen molar-refractivity contribution in [3.8, 4) is 0 Å². The number of likely N-dealkylation sites (N-methyl/N-ethyl adjacent to an activating group) is 1. The lowest BCUT2D eigenvalue weighted by Gasteiger charge is -2.42. The van der Waals surface area contributed by atoms with Crippen molar-refractivity contribution in [2.45, 2.75) is 59.0 Å². The van der Waals surface area contributed by atoms with Gasteiger partial charge in [0.15, 0.2) is 0 Å². The smallest absolute Gasteiger partial charge is 0.0602 e. The molecular weight excluding hydrogens is 212 g/mol. The number of hydrogen-bond donors (Lipinski definition) is 2. The zero-order valence-electron chi connectivity index (χ0n) is 11.9. The van der Waals surface area contributed by atoms with E-state index in [2.05, 4.69) is 32.6 Å². The molecule has 0 aromatic carbocycles. The Morgan fingerprint density at radius 2 is 1.94 bits per heavy atom. The highest BCUT2D eigenvalue weighted by Gasteiger charge is 2.33. The highest BCUT2D eigenvalue weighted by molar-refractivity contribution is 4.90. The van der Waals surface area contributed by atoms with Crippen molar-refractivity contribution in [3.05, 3.63) is 0 Å². The predicted molar refractivity (Wildman–Crippen MR) is 72.9 cm³/mol. The standard InChI is InChI=1S/C14H30N2O/c1-5-16(9-11-7-6-8-11)12(10-17)13(15)14(2,3)4/h11-13,17H,5-10,15H2,1-4H3. The van der Waals surface area contributed by atoms with Crippen LogP contribution in [0.5, 0.6) is 0 Å². The van der Waals surface area contributed by atoms with Gasteiger partial charge in [0.2, 0.25) is 0 Å². The predicted octanol–water partition coefficient (Wildman–Crippen LogP) is 1.84. The van der Waals surface area contributed by atoms with Gasteiger partial charge < -0.3 is 10.8 Å². The molecule has 1 fully saturated rings. The molecule has 0 saturated heterocycles. The molecular formula is C14H30N2O. The number of hydrogen-bond acceptors (Lipinski definition) is 3. The van der Waals surface area contributed by atoms with E-state index < -0.39 is 0 Å². The van der Waals surface area contributed by atoms with Crippen LogP contribution in [0.4, 0.5) is 0 Å². The molecule has 17 heavy (non-hydrogen) atoms. The molecule has 0 amide bonds. The summed E-state index contributed by atoms with van der Waals surface area (Å²) in [5.41, 5.74) is 6.36. The first-order chi connectivity index (χ1) is 7.90. The number of aliphatic hydroxyl groups is 1. The first-order valence-electron chi connectivity index (χ1n) is 7.00. The second-order valence-electron chi connectivity index (χ2n) is 6.53. The molecule has 3 N–H and O–H groups in total. The minimum atomic E-state index is 0.0209. The lowest BCUT2D eigenvalue weighted by Crippen LogP contribution is -2.56. The summed E-state index contributed by atoms with van der Waals surface area (Å²) < 4.78 is 0. The van der Waals surface area contributed by atoms with E-state index in [0.717, 1.165) is 19.0 Å². The van der Waals surface area contributed by atoms with Gasteiger partial charge in [-0.1, -0.05) is 34.1 Å². The van der Waals surface area contributed by atoms with E-state index in [4.69, 9.17) is 5.73 Å². The van der Waals surface area contributed by atoms with Gasteiger partial charge >= 0.3 is 0 Å². The van der Waals surface area contributed by atoms with Crippen molar-refractivity contribution < 1.29 is 5.11 Å². The van der Waals surface area contributed by atoms with Crippen LogP contribution in [0.3, 0.4) is 0 Å². The van der Waals surface area contributed by atoms with Crippen LogP contribution in [0.1, 0.15) is 47.0 Å². The zero-order chi connectivity index (χ0) is 13.1. The van der Waals surface area contributed by atoms with Gasteiger partial charge in [-0.25, -0.2) is 0 Å². The Hall–Kier alpha value is -0.120. The number of rotatable bonds is 6. The largest absolute Gasteiger partial charge is 0.395 e. The Kier molecular flexibility index (Phi) is 5.42. The average molecular weight is 242 g/mol. The van der Waals surface area contributed by atoms with Gasteiger partial charge in [-0.05, 0) is 30.7 Å². The topological polar surface area (TPSA) is 49.5 Å². The molecule has 0 radical (unpaired) electrons. The van der Waals surface area contributed by atoms with Crippen LogP contribution in [0, 0.1) is 11.3 Å².